The van der Waals surface area contributed by atoms with Crippen LogP contribution in [0.3, 0.4) is 0 Å². The zero-order valence-electron chi connectivity index (χ0n) is 8.18. The maximum Gasteiger partial charge on any atom is 0.288 e. The van der Waals surface area contributed by atoms with Gasteiger partial charge in [-0.15, -0.1) is 10.2 Å². The number of allylic oxidation sites excluding steroid dienone is 6. The van der Waals surface area contributed by atoms with Gasteiger partial charge in [-0.05, 0) is 24.0 Å². The van der Waals surface area contributed by atoms with Gasteiger partial charge in [-0.25, -0.2) is 0 Å². The lowest BCUT2D eigenvalue weighted by Crippen LogP contribution is -2.14. The Morgan fingerprint density at radius 2 is 2.20 bits per heavy atom. The molecule has 74 valence electrons. The summed E-state index contributed by atoms with van der Waals surface area (Å²) in [5, 5.41) is 7.62. The van der Waals surface area contributed by atoms with Gasteiger partial charge in [-0.1, -0.05) is 24.3 Å². The SMILES string of the molecule is O=C1C=C2CCC3C=CC=CC3=C2N=N1. The summed E-state index contributed by atoms with van der Waals surface area (Å²) in [5.74, 6) is 0.220. The van der Waals surface area contributed by atoms with Crippen molar-refractivity contribution in [2.75, 3.05) is 0 Å². The van der Waals surface area contributed by atoms with Gasteiger partial charge in [0.1, 0.15) is 0 Å². The van der Waals surface area contributed by atoms with Crippen molar-refractivity contribution in [1.82, 2.24) is 0 Å². The fourth-order valence-electron chi connectivity index (χ4n) is 2.25. The monoisotopic (exact) mass is 198 g/mol. The Bertz CT molecular complexity index is 478. The molecule has 0 spiro atoms. The Labute approximate surface area is 87.6 Å². The van der Waals surface area contributed by atoms with E-state index in [1.165, 1.54) is 5.57 Å². The summed E-state index contributed by atoms with van der Waals surface area (Å²) in [6, 6.07) is 0. The van der Waals surface area contributed by atoms with Crippen LogP contribution in [0.1, 0.15) is 12.8 Å². The molecule has 3 rings (SSSR count). The van der Waals surface area contributed by atoms with Crippen molar-refractivity contribution >= 4 is 5.91 Å². The Kier molecular flexibility index (Phi) is 1.78. The van der Waals surface area contributed by atoms with Crippen LogP contribution < -0.4 is 0 Å². The molecule has 1 amide bonds. The fraction of sp³-hybridized carbons (Fsp3) is 0.250. The quantitative estimate of drug-likeness (QED) is 0.590. The van der Waals surface area contributed by atoms with Crippen molar-refractivity contribution in [3.8, 4) is 0 Å². The average molecular weight is 198 g/mol. The van der Waals surface area contributed by atoms with E-state index in [4.69, 9.17) is 0 Å². The first-order chi connectivity index (χ1) is 7.34. The molecule has 0 N–H and O–H groups in total. The third-order valence-electron chi connectivity index (χ3n) is 2.98. The van der Waals surface area contributed by atoms with Gasteiger partial charge in [0.15, 0.2) is 0 Å². The molecule has 0 bridgehead atoms. The molecule has 0 fully saturated rings. The van der Waals surface area contributed by atoms with Crippen LogP contribution in [-0.4, -0.2) is 5.91 Å². The van der Waals surface area contributed by atoms with Crippen molar-refractivity contribution in [3.05, 3.63) is 47.2 Å². The number of amides is 1. The van der Waals surface area contributed by atoms with Gasteiger partial charge in [0.05, 0.1) is 5.70 Å². The molecule has 0 saturated carbocycles. The molecule has 3 nitrogen and oxygen atoms in total. The first kappa shape index (κ1) is 8.53. The minimum atomic E-state index is -0.233. The molecule has 3 heteroatoms. The predicted molar refractivity (Wildman–Crippen MR) is 56.0 cm³/mol. The number of nitrogens with zero attached hydrogens (tertiary/aromatic N) is 2. The van der Waals surface area contributed by atoms with Crippen LogP contribution >= 0.6 is 0 Å². The van der Waals surface area contributed by atoms with E-state index < -0.39 is 0 Å². The van der Waals surface area contributed by atoms with Crippen molar-refractivity contribution in [2.45, 2.75) is 12.8 Å². The second kappa shape index (κ2) is 3.12. The summed E-state index contributed by atoms with van der Waals surface area (Å²) in [7, 11) is 0. The lowest BCUT2D eigenvalue weighted by atomic mass is 9.80. The molecule has 1 unspecified atom stereocenters. The smallest absolute Gasteiger partial charge is 0.266 e. The van der Waals surface area contributed by atoms with Crippen molar-refractivity contribution < 1.29 is 4.79 Å². The highest BCUT2D eigenvalue weighted by Gasteiger charge is 2.26. The fourth-order valence-corrected chi connectivity index (χ4v) is 2.25. The number of fused-ring (bicyclic) bond motifs is 2. The van der Waals surface area contributed by atoms with E-state index in [1.54, 1.807) is 6.08 Å². The molecule has 0 aromatic heterocycles. The second-order valence-corrected chi connectivity index (χ2v) is 3.90. The molecular formula is C12H10N2O. The van der Waals surface area contributed by atoms with Crippen molar-refractivity contribution in [2.24, 2.45) is 16.1 Å². The van der Waals surface area contributed by atoms with Gasteiger partial charge < -0.3 is 0 Å². The Morgan fingerprint density at radius 3 is 3.13 bits per heavy atom. The van der Waals surface area contributed by atoms with Crippen LogP contribution in [0, 0.1) is 5.92 Å². The number of rotatable bonds is 0. The molecule has 15 heavy (non-hydrogen) atoms. The Balaban J connectivity index is 2.14. The van der Waals surface area contributed by atoms with Gasteiger partial charge in [-0.3, -0.25) is 4.79 Å². The highest BCUT2D eigenvalue weighted by atomic mass is 16.1. The van der Waals surface area contributed by atoms with Gasteiger partial charge in [-0.2, -0.15) is 0 Å². The first-order valence-corrected chi connectivity index (χ1v) is 5.10. The number of hydrogen-bond acceptors (Lipinski definition) is 2. The van der Waals surface area contributed by atoms with Crippen molar-refractivity contribution in [1.29, 1.82) is 0 Å². The zero-order valence-corrected chi connectivity index (χ0v) is 8.18. The molecule has 1 heterocycles. The van der Waals surface area contributed by atoms with Gasteiger partial charge in [0.2, 0.25) is 0 Å². The molecule has 0 aromatic rings. The summed E-state index contributed by atoms with van der Waals surface area (Å²) in [6.07, 6.45) is 11.9. The molecule has 0 radical (unpaired) electrons. The maximum atomic E-state index is 11.1. The number of azo groups is 1. The van der Waals surface area contributed by atoms with Gasteiger partial charge >= 0.3 is 0 Å². The van der Waals surface area contributed by atoms with Crippen LogP contribution in [0.15, 0.2) is 57.5 Å². The summed E-state index contributed by atoms with van der Waals surface area (Å²) < 4.78 is 0. The molecule has 0 saturated heterocycles. The van der Waals surface area contributed by atoms with E-state index in [-0.39, 0.29) is 5.91 Å². The van der Waals surface area contributed by atoms with Crippen LogP contribution in [0.25, 0.3) is 0 Å². The normalized spacial score (nSPS) is 27.6. The standard InChI is InChI=1S/C12H10N2O/c15-11-7-9-6-5-8-3-1-2-4-10(8)12(9)14-13-11/h1-4,7-8H,5-6H2. The molecule has 1 atom stereocenters. The van der Waals surface area contributed by atoms with E-state index in [1.807, 2.05) is 6.08 Å². The van der Waals surface area contributed by atoms with E-state index in [0.29, 0.717) is 5.92 Å². The summed E-state index contributed by atoms with van der Waals surface area (Å²) >= 11 is 0. The molecule has 0 aromatic carbocycles. The van der Waals surface area contributed by atoms with Crippen LogP contribution in [-0.2, 0) is 4.79 Å². The summed E-state index contributed by atoms with van der Waals surface area (Å²) in [6.45, 7) is 0. The van der Waals surface area contributed by atoms with Crippen molar-refractivity contribution in [3.63, 3.8) is 0 Å². The second-order valence-electron chi connectivity index (χ2n) is 3.90. The number of hydrogen-bond donors (Lipinski definition) is 0. The summed E-state index contributed by atoms with van der Waals surface area (Å²) in [4.78, 5) is 11.1. The molecule has 3 aliphatic rings. The lowest BCUT2D eigenvalue weighted by Gasteiger charge is -2.26. The maximum absolute atomic E-state index is 11.1. The van der Waals surface area contributed by atoms with Crippen LogP contribution in [0.4, 0.5) is 0 Å². The van der Waals surface area contributed by atoms with Gasteiger partial charge in [0.25, 0.3) is 5.91 Å². The Hall–Kier alpha value is -1.77. The summed E-state index contributed by atoms with van der Waals surface area (Å²) in [5.41, 5.74) is 3.15. The van der Waals surface area contributed by atoms with Crippen LogP contribution in [0.2, 0.25) is 0 Å². The minimum Gasteiger partial charge on any atom is -0.266 e. The topological polar surface area (TPSA) is 41.8 Å². The third-order valence-corrected chi connectivity index (χ3v) is 2.98. The third kappa shape index (κ3) is 1.31. The van der Waals surface area contributed by atoms with Gasteiger partial charge in [0, 0.05) is 12.0 Å². The minimum absolute atomic E-state index is 0.233. The first-order valence-electron chi connectivity index (χ1n) is 5.10. The van der Waals surface area contributed by atoms with Crippen LogP contribution in [0.5, 0.6) is 0 Å². The zero-order chi connectivity index (χ0) is 10.3. The van der Waals surface area contributed by atoms with E-state index in [2.05, 4.69) is 28.5 Å². The van der Waals surface area contributed by atoms with E-state index >= 15 is 0 Å². The molecule has 1 aliphatic heterocycles. The highest BCUT2D eigenvalue weighted by molar-refractivity contribution is 5.90. The molecule has 2 aliphatic carbocycles. The average Bonchev–Trinajstić information content (AvgIpc) is 2.28. The number of carbonyl (C=O) groups is 1. The lowest BCUT2D eigenvalue weighted by molar-refractivity contribution is -0.114. The van der Waals surface area contributed by atoms with E-state index in [9.17, 15) is 4.79 Å². The highest BCUT2D eigenvalue weighted by Crippen LogP contribution is 2.38. The van der Waals surface area contributed by atoms with E-state index in [0.717, 1.165) is 24.1 Å². The largest absolute Gasteiger partial charge is 0.288 e. The number of carbonyl (C=O) groups excluding carboxylic acids is 1. The predicted octanol–water partition coefficient (Wildman–Crippen LogP) is 2.70. The Morgan fingerprint density at radius 1 is 1.27 bits per heavy atom. The molecular weight excluding hydrogens is 188 g/mol.